The number of benzene rings is 3. The van der Waals surface area contributed by atoms with Crippen LogP contribution in [-0.2, 0) is 17.9 Å². The Hall–Kier alpha value is -4.59. The molecule has 4 rings (SSSR count). The monoisotopic (exact) mass is 470 g/mol. The van der Waals surface area contributed by atoms with E-state index in [9.17, 15) is 14.4 Å². The number of rotatable bonds is 8. The lowest BCUT2D eigenvalue weighted by atomic mass is 10.2. The third-order valence-electron chi connectivity index (χ3n) is 5.60. The number of carbonyl (C=O) groups excluding carboxylic acids is 1. The minimum absolute atomic E-state index is 0.0770. The second kappa shape index (κ2) is 10.6. The zero-order valence-electron chi connectivity index (χ0n) is 19.3. The highest BCUT2D eigenvalue weighted by molar-refractivity contribution is 5.96. The molecule has 35 heavy (non-hydrogen) atoms. The molecule has 8 nitrogen and oxygen atoms in total. The lowest BCUT2D eigenvalue weighted by molar-refractivity contribution is -0.120. The van der Waals surface area contributed by atoms with Crippen LogP contribution < -0.4 is 26.6 Å². The van der Waals surface area contributed by atoms with Gasteiger partial charge in [-0.25, -0.2) is 4.79 Å². The van der Waals surface area contributed by atoms with Gasteiger partial charge in [0.05, 0.1) is 13.1 Å². The summed E-state index contributed by atoms with van der Waals surface area (Å²) in [5, 5.41) is 0. The summed E-state index contributed by atoms with van der Waals surface area (Å²) < 4.78 is 7.00. The predicted octanol–water partition coefficient (Wildman–Crippen LogP) is 3.09. The molecule has 0 atom stereocenters. The zero-order chi connectivity index (χ0) is 24.8. The molecular formula is C27H26N4O4. The van der Waals surface area contributed by atoms with Crippen molar-refractivity contribution < 1.29 is 9.53 Å². The van der Waals surface area contributed by atoms with Crippen molar-refractivity contribution in [3.05, 3.63) is 122 Å². The van der Waals surface area contributed by atoms with Crippen LogP contribution in [-0.4, -0.2) is 22.1 Å². The van der Waals surface area contributed by atoms with Crippen LogP contribution in [0.1, 0.15) is 16.7 Å². The van der Waals surface area contributed by atoms with Crippen LogP contribution in [0.4, 0.5) is 11.5 Å². The maximum absolute atomic E-state index is 13.4. The number of amides is 1. The molecule has 178 valence electrons. The Labute approximate surface area is 202 Å². The number of hydrogen-bond donors (Lipinski definition) is 2. The summed E-state index contributed by atoms with van der Waals surface area (Å²) in [5.41, 5.74) is 7.37. The first kappa shape index (κ1) is 23.6. The van der Waals surface area contributed by atoms with Gasteiger partial charge in [0.25, 0.3) is 11.5 Å². The van der Waals surface area contributed by atoms with Crippen molar-refractivity contribution in [1.82, 2.24) is 9.55 Å². The van der Waals surface area contributed by atoms with E-state index in [4.69, 9.17) is 10.5 Å². The van der Waals surface area contributed by atoms with Crippen molar-refractivity contribution >= 4 is 17.4 Å². The largest absolute Gasteiger partial charge is 0.483 e. The van der Waals surface area contributed by atoms with Gasteiger partial charge in [0.15, 0.2) is 12.3 Å². The number of hydrogen-bond acceptors (Lipinski definition) is 5. The van der Waals surface area contributed by atoms with E-state index in [2.05, 4.69) is 4.98 Å². The molecule has 0 unspecified atom stereocenters. The highest BCUT2D eigenvalue weighted by atomic mass is 16.5. The standard InChI is InChI=1S/C27H26N4O4/c1-19-10-8-9-15-22(19)35-18-23(32)30(16-20-11-4-2-5-12-20)24-25(28)31(27(34)29-26(24)33)17-21-13-6-3-7-14-21/h2-15H,16-18,28H2,1H3,(H,29,33,34). The van der Waals surface area contributed by atoms with Crippen molar-refractivity contribution in [3.8, 4) is 5.75 Å². The number of H-pyrrole nitrogens is 1. The number of aryl methyl sites for hydroxylation is 1. The average molecular weight is 471 g/mol. The van der Waals surface area contributed by atoms with E-state index in [-0.39, 0.29) is 31.2 Å². The van der Waals surface area contributed by atoms with Crippen molar-refractivity contribution in [1.29, 1.82) is 0 Å². The summed E-state index contributed by atoms with van der Waals surface area (Å²) in [5.74, 6) is -0.00145. The van der Waals surface area contributed by atoms with Gasteiger partial charge in [0, 0.05) is 0 Å². The topological polar surface area (TPSA) is 110 Å². The van der Waals surface area contributed by atoms with Gasteiger partial charge in [0.2, 0.25) is 0 Å². The Balaban J connectivity index is 1.73. The van der Waals surface area contributed by atoms with Gasteiger partial charge in [0.1, 0.15) is 11.6 Å². The van der Waals surface area contributed by atoms with Gasteiger partial charge < -0.3 is 10.5 Å². The fraction of sp³-hybridized carbons (Fsp3) is 0.148. The molecule has 0 saturated heterocycles. The van der Waals surface area contributed by atoms with Crippen LogP contribution in [0.15, 0.2) is 94.5 Å². The zero-order valence-corrected chi connectivity index (χ0v) is 19.3. The molecule has 0 aliphatic carbocycles. The maximum atomic E-state index is 13.4. The number of nitrogens with one attached hydrogen (secondary N) is 1. The highest BCUT2D eigenvalue weighted by Gasteiger charge is 2.25. The maximum Gasteiger partial charge on any atom is 0.330 e. The molecule has 3 N–H and O–H groups in total. The van der Waals surface area contributed by atoms with Crippen LogP contribution in [0, 0.1) is 6.92 Å². The van der Waals surface area contributed by atoms with E-state index in [0.717, 1.165) is 16.7 Å². The number of nitrogens with zero attached hydrogens (tertiary/aromatic N) is 2. The van der Waals surface area contributed by atoms with Crippen LogP contribution in [0.5, 0.6) is 5.75 Å². The molecular weight excluding hydrogens is 444 g/mol. The number of carbonyl (C=O) groups is 1. The molecule has 1 amide bonds. The molecule has 0 bridgehead atoms. The molecule has 0 aliphatic rings. The molecule has 8 heteroatoms. The van der Waals surface area contributed by atoms with Crippen molar-refractivity contribution in [2.45, 2.75) is 20.0 Å². The summed E-state index contributed by atoms with van der Waals surface area (Å²) in [7, 11) is 0. The minimum Gasteiger partial charge on any atom is -0.483 e. The number of anilines is 2. The predicted molar refractivity (Wildman–Crippen MR) is 136 cm³/mol. The van der Waals surface area contributed by atoms with Crippen LogP contribution in [0.3, 0.4) is 0 Å². The SMILES string of the molecule is Cc1ccccc1OCC(=O)N(Cc1ccccc1)c1c(N)n(Cc2ccccc2)c(=O)[nH]c1=O. The van der Waals surface area contributed by atoms with Crippen LogP contribution in [0.25, 0.3) is 0 Å². The summed E-state index contributed by atoms with van der Waals surface area (Å²) in [6.07, 6.45) is 0. The third kappa shape index (κ3) is 5.50. The average Bonchev–Trinajstić information content (AvgIpc) is 2.86. The summed E-state index contributed by atoms with van der Waals surface area (Å²) in [6.45, 7) is 1.79. The first-order valence-corrected chi connectivity index (χ1v) is 11.1. The van der Waals surface area contributed by atoms with E-state index >= 15 is 0 Å². The molecule has 0 fully saturated rings. The molecule has 0 spiro atoms. The highest BCUT2D eigenvalue weighted by Crippen LogP contribution is 2.22. The first-order chi connectivity index (χ1) is 16.9. The Morgan fingerprint density at radius 3 is 2.17 bits per heavy atom. The van der Waals surface area contributed by atoms with Gasteiger partial charge in [-0.1, -0.05) is 78.9 Å². The lowest BCUT2D eigenvalue weighted by Crippen LogP contribution is -2.42. The normalized spacial score (nSPS) is 10.7. The second-order valence-corrected chi connectivity index (χ2v) is 8.08. The third-order valence-corrected chi connectivity index (χ3v) is 5.60. The molecule has 0 aliphatic heterocycles. The van der Waals surface area contributed by atoms with E-state index < -0.39 is 17.2 Å². The van der Waals surface area contributed by atoms with Gasteiger partial charge in [-0.2, -0.15) is 0 Å². The summed E-state index contributed by atoms with van der Waals surface area (Å²) >= 11 is 0. The van der Waals surface area contributed by atoms with Crippen molar-refractivity contribution in [3.63, 3.8) is 0 Å². The number of nitrogens with two attached hydrogens (primary N) is 1. The fourth-order valence-electron chi connectivity index (χ4n) is 3.75. The van der Waals surface area contributed by atoms with E-state index in [0.29, 0.717) is 5.75 Å². The molecule has 0 radical (unpaired) electrons. The molecule has 1 heterocycles. The Bertz CT molecular complexity index is 1430. The number of aromatic nitrogens is 2. The Kier molecular flexibility index (Phi) is 7.11. The fourth-order valence-corrected chi connectivity index (χ4v) is 3.75. The van der Waals surface area contributed by atoms with E-state index in [1.54, 1.807) is 6.07 Å². The Morgan fingerprint density at radius 2 is 1.51 bits per heavy atom. The van der Waals surface area contributed by atoms with E-state index in [1.807, 2.05) is 85.8 Å². The summed E-state index contributed by atoms with van der Waals surface area (Å²) in [6, 6.07) is 25.8. The van der Waals surface area contributed by atoms with E-state index in [1.165, 1.54) is 9.47 Å². The quantitative estimate of drug-likeness (QED) is 0.411. The van der Waals surface area contributed by atoms with Gasteiger partial charge >= 0.3 is 5.69 Å². The molecule has 4 aromatic rings. The lowest BCUT2D eigenvalue weighted by Gasteiger charge is -2.25. The van der Waals surface area contributed by atoms with Gasteiger partial charge in [-0.3, -0.25) is 24.0 Å². The van der Waals surface area contributed by atoms with Gasteiger partial charge in [-0.05, 0) is 29.7 Å². The number of para-hydroxylation sites is 1. The van der Waals surface area contributed by atoms with Crippen molar-refractivity contribution in [2.24, 2.45) is 0 Å². The van der Waals surface area contributed by atoms with Crippen LogP contribution >= 0.6 is 0 Å². The first-order valence-electron chi connectivity index (χ1n) is 11.1. The minimum atomic E-state index is -0.739. The van der Waals surface area contributed by atoms with Gasteiger partial charge in [-0.15, -0.1) is 0 Å². The van der Waals surface area contributed by atoms with Crippen LogP contribution in [0.2, 0.25) is 0 Å². The molecule has 3 aromatic carbocycles. The molecule has 1 aromatic heterocycles. The Morgan fingerprint density at radius 1 is 0.914 bits per heavy atom. The smallest absolute Gasteiger partial charge is 0.330 e. The number of ether oxygens (including phenoxy) is 1. The number of nitrogen functional groups attached to an aromatic ring is 1. The summed E-state index contributed by atoms with van der Waals surface area (Å²) in [4.78, 5) is 42.5. The second-order valence-electron chi connectivity index (χ2n) is 8.08. The molecule has 0 saturated carbocycles. The number of aromatic amines is 1. The van der Waals surface area contributed by atoms with Crippen molar-refractivity contribution in [2.75, 3.05) is 17.2 Å².